The van der Waals surface area contributed by atoms with Crippen molar-refractivity contribution in [3.63, 3.8) is 0 Å². The lowest BCUT2D eigenvalue weighted by atomic mass is 10.3. The Morgan fingerprint density at radius 2 is 2.23 bits per heavy atom. The molecule has 0 aliphatic carbocycles. The van der Waals surface area contributed by atoms with Gasteiger partial charge in [-0.3, -0.25) is 14.9 Å². The van der Waals surface area contributed by atoms with Crippen LogP contribution in [0.5, 0.6) is 0 Å². The number of hydrogen-bond acceptors (Lipinski definition) is 7. The van der Waals surface area contributed by atoms with Gasteiger partial charge >= 0.3 is 5.69 Å². The summed E-state index contributed by atoms with van der Waals surface area (Å²) in [5.74, 6) is 0.756. The quantitative estimate of drug-likeness (QED) is 0.646. The monoisotopic (exact) mass is 308 g/mol. The summed E-state index contributed by atoms with van der Waals surface area (Å²) in [6.45, 7) is 3.16. The molecule has 0 spiro atoms. The number of carbonyl (C=O) groups is 1. The van der Waals surface area contributed by atoms with Crippen molar-refractivity contribution >= 4 is 23.2 Å². The van der Waals surface area contributed by atoms with Crippen LogP contribution in [0.25, 0.3) is 0 Å². The summed E-state index contributed by atoms with van der Waals surface area (Å²) in [4.78, 5) is 24.1. The first-order valence-corrected chi connectivity index (χ1v) is 6.42. The molecular formula is C12H16N6O4. The van der Waals surface area contributed by atoms with Gasteiger partial charge < -0.3 is 14.7 Å². The number of carbonyl (C=O) groups excluding carboxylic acids is 1. The molecule has 0 aliphatic heterocycles. The molecule has 2 aromatic heterocycles. The third kappa shape index (κ3) is 3.05. The Balaban J connectivity index is 2.13. The Hall–Kier alpha value is -2.91. The van der Waals surface area contributed by atoms with E-state index in [4.69, 9.17) is 4.52 Å². The summed E-state index contributed by atoms with van der Waals surface area (Å²) < 4.78 is 6.22. The summed E-state index contributed by atoms with van der Waals surface area (Å²) in [6, 6.07) is 1.58. The van der Waals surface area contributed by atoms with E-state index in [2.05, 4.69) is 15.6 Å². The molecule has 10 heteroatoms. The van der Waals surface area contributed by atoms with Crippen molar-refractivity contribution in [1.82, 2.24) is 14.9 Å². The molecule has 0 aromatic carbocycles. The second-order valence-electron chi connectivity index (χ2n) is 4.87. The zero-order chi connectivity index (χ0) is 16.4. The predicted octanol–water partition coefficient (Wildman–Crippen LogP) is 1.01. The maximum absolute atomic E-state index is 12.0. The van der Waals surface area contributed by atoms with Gasteiger partial charge in [-0.25, -0.2) is 4.68 Å². The maximum atomic E-state index is 12.0. The largest absolute Gasteiger partial charge is 0.360 e. The van der Waals surface area contributed by atoms with Crippen LogP contribution in [0.4, 0.5) is 17.3 Å². The highest BCUT2D eigenvalue weighted by atomic mass is 16.6. The van der Waals surface area contributed by atoms with E-state index in [-0.39, 0.29) is 24.0 Å². The number of aryl methyl sites for hydroxylation is 3. The highest BCUT2D eigenvalue weighted by Crippen LogP contribution is 2.29. The van der Waals surface area contributed by atoms with Crippen LogP contribution in [0.1, 0.15) is 11.5 Å². The maximum Gasteiger partial charge on any atom is 0.333 e. The van der Waals surface area contributed by atoms with E-state index in [1.54, 1.807) is 34.0 Å². The highest BCUT2D eigenvalue weighted by Gasteiger charge is 2.27. The van der Waals surface area contributed by atoms with Gasteiger partial charge in [0, 0.05) is 20.2 Å². The van der Waals surface area contributed by atoms with Gasteiger partial charge in [0.25, 0.3) is 0 Å². The second-order valence-corrected chi connectivity index (χ2v) is 4.87. The van der Waals surface area contributed by atoms with Gasteiger partial charge in [0.1, 0.15) is 11.5 Å². The minimum Gasteiger partial charge on any atom is -0.360 e. The fraction of sp³-hybridized carbons (Fsp3) is 0.417. The van der Waals surface area contributed by atoms with Crippen molar-refractivity contribution in [2.45, 2.75) is 13.8 Å². The molecule has 10 nitrogen and oxygen atoms in total. The van der Waals surface area contributed by atoms with Crippen LogP contribution in [-0.4, -0.2) is 39.4 Å². The topological polar surface area (TPSA) is 119 Å². The number of anilines is 2. The number of amides is 1. The summed E-state index contributed by atoms with van der Waals surface area (Å²) in [7, 11) is 3.17. The summed E-state index contributed by atoms with van der Waals surface area (Å²) in [5, 5.41) is 21.4. The number of nitro groups is 1. The first-order valence-electron chi connectivity index (χ1n) is 6.42. The minimum absolute atomic E-state index is 0.0915. The molecule has 0 unspecified atom stereocenters. The van der Waals surface area contributed by atoms with Gasteiger partial charge in [-0.1, -0.05) is 5.16 Å². The molecule has 0 bridgehead atoms. The average molecular weight is 308 g/mol. The number of nitrogens with one attached hydrogen (secondary N) is 1. The molecule has 0 atom stereocenters. The zero-order valence-corrected chi connectivity index (χ0v) is 12.7. The number of rotatable bonds is 5. The van der Waals surface area contributed by atoms with Crippen molar-refractivity contribution in [1.29, 1.82) is 0 Å². The lowest BCUT2D eigenvalue weighted by Crippen LogP contribution is -2.31. The van der Waals surface area contributed by atoms with Gasteiger partial charge in [-0.2, -0.15) is 5.10 Å². The Bertz CT molecular complexity index is 719. The molecular weight excluding hydrogens is 292 g/mol. The third-order valence-electron chi connectivity index (χ3n) is 2.98. The van der Waals surface area contributed by atoms with Crippen LogP contribution in [0.2, 0.25) is 0 Å². The Morgan fingerprint density at radius 3 is 2.77 bits per heavy atom. The fourth-order valence-corrected chi connectivity index (χ4v) is 2.17. The lowest BCUT2D eigenvalue weighted by molar-refractivity contribution is -0.384. The van der Waals surface area contributed by atoms with Crippen molar-refractivity contribution in [2.24, 2.45) is 7.05 Å². The molecule has 2 aromatic rings. The van der Waals surface area contributed by atoms with Gasteiger partial charge in [-0.05, 0) is 13.8 Å². The smallest absolute Gasteiger partial charge is 0.333 e. The average Bonchev–Trinajstić information content (AvgIpc) is 2.92. The SMILES string of the molecule is Cc1cc(NC(=O)CN(C)c2c([N+](=O)[O-])c(C)nn2C)no1. The predicted molar refractivity (Wildman–Crippen MR) is 77.7 cm³/mol. The Kier molecular flexibility index (Phi) is 4.11. The van der Waals surface area contributed by atoms with Gasteiger partial charge in [0.2, 0.25) is 11.7 Å². The number of aromatic nitrogens is 3. The van der Waals surface area contributed by atoms with E-state index in [0.29, 0.717) is 17.3 Å². The third-order valence-corrected chi connectivity index (χ3v) is 2.98. The standard InChI is InChI=1S/C12H16N6O4/c1-7-5-9(15-22-7)13-10(19)6-16(3)12-11(18(20)21)8(2)14-17(12)4/h5H,6H2,1-4H3,(H,13,15,19). The van der Waals surface area contributed by atoms with E-state index >= 15 is 0 Å². The van der Waals surface area contributed by atoms with Crippen LogP contribution >= 0.6 is 0 Å². The Morgan fingerprint density at radius 1 is 1.55 bits per heavy atom. The normalized spacial score (nSPS) is 10.5. The molecule has 1 N–H and O–H groups in total. The first-order chi connectivity index (χ1) is 10.3. The summed E-state index contributed by atoms with van der Waals surface area (Å²) >= 11 is 0. The number of nitrogens with zero attached hydrogens (tertiary/aromatic N) is 5. The van der Waals surface area contributed by atoms with Crippen LogP contribution < -0.4 is 10.2 Å². The molecule has 0 saturated carbocycles. The van der Waals surface area contributed by atoms with Gasteiger partial charge in [-0.15, -0.1) is 0 Å². The summed E-state index contributed by atoms with van der Waals surface area (Å²) in [5.41, 5.74) is 0.178. The van der Waals surface area contributed by atoms with E-state index < -0.39 is 4.92 Å². The minimum atomic E-state index is -0.507. The van der Waals surface area contributed by atoms with Crippen LogP contribution in [-0.2, 0) is 11.8 Å². The van der Waals surface area contributed by atoms with Gasteiger partial charge in [0.05, 0.1) is 11.5 Å². The van der Waals surface area contributed by atoms with Crippen molar-refractivity contribution in [2.75, 3.05) is 23.8 Å². The molecule has 2 rings (SSSR count). The molecule has 0 fully saturated rings. The van der Waals surface area contributed by atoms with E-state index in [9.17, 15) is 14.9 Å². The number of likely N-dealkylation sites (N-methyl/N-ethyl adjacent to an activating group) is 1. The molecule has 0 saturated heterocycles. The zero-order valence-electron chi connectivity index (χ0n) is 12.7. The van der Waals surface area contributed by atoms with Crippen molar-refractivity contribution in [3.8, 4) is 0 Å². The molecule has 2 heterocycles. The molecule has 0 radical (unpaired) electrons. The number of hydrogen-bond donors (Lipinski definition) is 1. The second kappa shape index (κ2) is 5.84. The highest BCUT2D eigenvalue weighted by molar-refractivity contribution is 5.93. The van der Waals surface area contributed by atoms with Gasteiger partial charge in [0.15, 0.2) is 5.82 Å². The van der Waals surface area contributed by atoms with E-state index in [0.717, 1.165) is 0 Å². The lowest BCUT2D eigenvalue weighted by Gasteiger charge is -2.17. The van der Waals surface area contributed by atoms with Crippen molar-refractivity contribution < 1.29 is 14.2 Å². The molecule has 118 valence electrons. The summed E-state index contributed by atoms with van der Waals surface area (Å²) in [6.07, 6.45) is 0. The van der Waals surface area contributed by atoms with E-state index in [1.165, 1.54) is 9.58 Å². The molecule has 22 heavy (non-hydrogen) atoms. The van der Waals surface area contributed by atoms with Crippen LogP contribution in [0.3, 0.4) is 0 Å². The van der Waals surface area contributed by atoms with Crippen LogP contribution in [0.15, 0.2) is 10.6 Å². The fourth-order valence-electron chi connectivity index (χ4n) is 2.17. The molecule has 0 aliphatic rings. The van der Waals surface area contributed by atoms with E-state index in [1.807, 2.05) is 0 Å². The van der Waals surface area contributed by atoms with Crippen LogP contribution in [0, 0.1) is 24.0 Å². The van der Waals surface area contributed by atoms with Crippen molar-refractivity contribution in [3.05, 3.63) is 27.6 Å². The molecule has 1 amide bonds. The first kappa shape index (κ1) is 15.5. The Labute approximate surface area is 125 Å².